The molecule has 13 heavy (non-hydrogen) atoms. The van der Waals surface area contributed by atoms with Gasteiger partial charge in [-0.3, -0.25) is 0 Å². The first kappa shape index (κ1) is 12.9. The van der Waals surface area contributed by atoms with E-state index >= 15 is 0 Å². The third-order valence-corrected chi connectivity index (χ3v) is 2.82. The van der Waals surface area contributed by atoms with Crippen molar-refractivity contribution < 1.29 is 0 Å². The summed E-state index contributed by atoms with van der Waals surface area (Å²) in [6.45, 7) is 12.0. The molecule has 1 unspecified atom stereocenters. The van der Waals surface area contributed by atoms with Gasteiger partial charge in [0.05, 0.1) is 0 Å². The van der Waals surface area contributed by atoms with Gasteiger partial charge in [-0.2, -0.15) is 0 Å². The molecule has 80 valence electrons. The van der Waals surface area contributed by atoms with Gasteiger partial charge in [-0.05, 0) is 39.2 Å². The van der Waals surface area contributed by atoms with E-state index in [0.29, 0.717) is 12.0 Å². The average molecular weight is 186 g/mol. The number of rotatable bonds is 6. The molecule has 0 heterocycles. The van der Waals surface area contributed by atoms with Crippen LogP contribution >= 0.6 is 0 Å². The highest BCUT2D eigenvalue weighted by molar-refractivity contribution is 4.76. The first-order valence-electron chi connectivity index (χ1n) is 5.39. The first-order valence-corrected chi connectivity index (χ1v) is 5.39. The second-order valence-electron chi connectivity index (χ2n) is 4.86. The molecule has 2 nitrogen and oxygen atoms in total. The summed E-state index contributed by atoms with van der Waals surface area (Å²) in [5, 5.41) is 3.51. The molecular weight excluding hydrogens is 160 g/mol. The van der Waals surface area contributed by atoms with Crippen LogP contribution in [0.5, 0.6) is 0 Å². The molecule has 0 aliphatic rings. The maximum absolute atomic E-state index is 5.95. The normalized spacial score (nSPS) is 15.0. The zero-order chi connectivity index (χ0) is 10.5. The van der Waals surface area contributed by atoms with Crippen LogP contribution in [0.15, 0.2) is 0 Å². The van der Waals surface area contributed by atoms with E-state index in [2.05, 4.69) is 39.9 Å². The summed E-state index contributed by atoms with van der Waals surface area (Å²) in [5.41, 5.74) is 6.21. The van der Waals surface area contributed by atoms with Gasteiger partial charge in [0.15, 0.2) is 0 Å². The van der Waals surface area contributed by atoms with Gasteiger partial charge in [0.1, 0.15) is 0 Å². The quantitative estimate of drug-likeness (QED) is 0.667. The highest BCUT2D eigenvalue weighted by atomic mass is 14.9. The van der Waals surface area contributed by atoms with Gasteiger partial charge in [0.25, 0.3) is 0 Å². The minimum atomic E-state index is 0.261. The van der Waals surface area contributed by atoms with Crippen LogP contribution in [0.3, 0.4) is 0 Å². The van der Waals surface area contributed by atoms with Crippen molar-refractivity contribution in [3.05, 3.63) is 0 Å². The van der Waals surface area contributed by atoms with E-state index in [4.69, 9.17) is 5.73 Å². The Morgan fingerprint density at radius 1 is 1.31 bits per heavy atom. The van der Waals surface area contributed by atoms with E-state index < -0.39 is 0 Å². The van der Waals surface area contributed by atoms with Crippen molar-refractivity contribution in [3.63, 3.8) is 0 Å². The Labute approximate surface area is 83.3 Å². The maximum Gasteiger partial charge on any atom is 0.0122 e. The predicted molar refractivity (Wildman–Crippen MR) is 59.8 cm³/mol. The lowest BCUT2D eigenvalue weighted by Gasteiger charge is -2.26. The van der Waals surface area contributed by atoms with Crippen molar-refractivity contribution in [2.24, 2.45) is 11.7 Å². The Balaban J connectivity index is 3.56. The molecule has 0 radical (unpaired) electrons. The van der Waals surface area contributed by atoms with Gasteiger partial charge in [0.2, 0.25) is 0 Å². The standard InChI is InChI=1S/C11H26N2/c1-6-11(4,5)13-8-7-10(12)9(2)3/h9-10,13H,6-8,12H2,1-5H3. The van der Waals surface area contributed by atoms with Crippen molar-refractivity contribution in [2.75, 3.05) is 6.54 Å². The molecule has 0 aromatic rings. The van der Waals surface area contributed by atoms with E-state index in [-0.39, 0.29) is 5.54 Å². The van der Waals surface area contributed by atoms with E-state index in [0.717, 1.165) is 19.4 Å². The van der Waals surface area contributed by atoms with E-state index in [1.807, 2.05) is 0 Å². The maximum atomic E-state index is 5.95. The van der Waals surface area contributed by atoms with Crippen molar-refractivity contribution in [1.82, 2.24) is 5.32 Å². The van der Waals surface area contributed by atoms with Gasteiger partial charge in [-0.15, -0.1) is 0 Å². The SMILES string of the molecule is CCC(C)(C)NCCC(N)C(C)C. The summed E-state index contributed by atoms with van der Waals surface area (Å²) in [4.78, 5) is 0. The minimum absolute atomic E-state index is 0.261. The highest BCUT2D eigenvalue weighted by Crippen LogP contribution is 2.08. The Kier molecular flexibility index (Phi) is 5.57. The third-order valence-electron chi connectivity index (χ3n) is 2.82. The van der Waals surface area contributed by atoms with Gasteiger partial charge in [0, 0.05) is 11.6 Å². The van der Waals surface area contributed by atoms with Gasteiger partial charge in [-0.25, -0.2) is 0 Å². The molecule has 1 atom stereocenters. The molecule has 2 heteroatoms. The molecule has 3 N–H and O–H groups in total. The highest BCUT2D eigenvalue weighted by Gasteiger charge is 2.14. The summed E-state index contributed by atoms with van der Waals surface area (Å²) in [5.74, 6) is 0.589. The molecule has 0 aliphatic carbocycles. The number of nitrogens with two attached hydrogens (primary N) is 1. The van der Waals surface area contributed by atoms with Gasteiger partial charge < -0.3 is 11.1 Å². The largest absolute Gasteiger partial charge is 0.327 e. The Morgan fingerprint density at radius 2 is 1.85 bits per heavy atom. The number of hydrogen-bond acceptors (Lipinski definition) is 2. The zero-order valence-corrected chi connectivity index (χ0v) is 9.85. The van der Waals surface area contributed by atoms with Crippen molar-refractivity contribution in [1.29, 1.82) is 0 Å². The molecule has 0 saturated carbocycles. The van der Waals surface area contributed by atoms with E-state index in [1.54, 1.807) is 0 Å². The van der Waals surface area contributed by atoms with Crippen LogP contribution in [0.1, 0.15) is 47.5 Å². The summed E-state index contributed by atoms with van der Waals surface area (Å²) in [7, 11) is 0. The molecule has 0 saturated heterocycles. The minimum Gasteiger partial charge on any atom is -0.327 e. The second kappa shape index (κ2) is 5.61. The van der Waals surface area contributed by atoms with Gasteiger partial charge >= 0.3 is 0 Å². The van der Waals surface area contributed by atoms with E-state index in [1.165, 1.54) is 0 Å². The summed E-state index contributed by atoms with van der Waals surface area (Å²) >= 11 is 0. The summed E-state index contributed by atoms with van der Waals surface area (Å²) < 4.78 is 0. The predicted octanol–water partition coefficient (Wildman–Crippen LogP) is 2.14. The summed E-state index contributed by atoms with van der Waals surface area (Å²) in [6.07, 6.45) is 2.23. The van der Waals surface area contributed by atoms with Crippen LogP contribution in [0.4, 0.5) is 0 Å². The first-order chi connectivity index (χ1) is 5.89. The summed E-state index contributed by atoms with van der Waals surface area (Å²) in [6, 6.07) is 0.333. The lowest BCUT2D eigenvalue weighted by molar-refractivity contribution is 0.353. The fraction of sp³-hybridized carbons (Fsp3) is 1.00. The number of hydrogen-bond donors (Lipinski definition) is 2. The average Bonchev–Trinajstić information content (AvgIpc) is 2.04. The third kappa shape index (κ3) is 6.05. The van der Waals surface area contributed by atoms with Crippen LogP contribution in [-0.2, 0) is 0 Å². The lowest BCUT2D eigenvalue weighted by Crippen LogP contribution is -2.41. The van der Waals surface area contributed by atoms with Crippen LogP contribution in [0, 0.1) is 5.92 Å². The molecule has 0 spiro atoms. The Hall–Kier alpha value is -0.0800. The molecular formula is C11H26N2. The van der Waals surface area contributed by atoms with Crippen LogP contribution in [0.25, 0.3) is 0 Å². The molecule has 0 aliphatic heterocycles. The zero-order valence-electron chi connectivity index (χ0n) is 9.85. The molecule has 0 bridgehead atoms. The van der Waals surface area contributed by atoms with Crippen molar-refractivity contribution in [2.45, 2.75) is 59.0 Å². The second-order valence-corrected chi connectivity index (χ2v) is 4.86. The van der Waals surface area contributed by atoms with Gasteiger partial charge in [-0.1, -0.05) is 20.8 Å². The van der Waals surface area contributed by atoms with Crippen LogP contribution < -0.4 is 11.1 Å². The van der Waals surface area contributed by atoms with Crippen molar-refractivity contribution in [3.8, 4) is 0 Å². The fourth-order valence-corrected chi connectivity index (χ4v) is 1.04. The molecule has 0 fully saturated rings. The lowest BCUT2D eigenvalue weighted by atomic mass is 9.99. The Morgan fingerprint density at radius 3 is 2.23 bits per heavy atom. The van der Waals surface area contributed by atoms with Crippen LogP contribution in [-0.4, -0.2) is 18.1 Å². The molecule has 0 aromatic heterocycles. The van der Waals surface area contributed by atoms with Crippen LogP contribution in [0.2, 0.25) is 0 Å². The number of nitrogens with one attached hydrogen (secondary N) is 1. The molecule has 0 rings (SSSR count). The monoisotopic (exact) mass is 186 g/mol. The molecule has 0 aromatic carbocycles. The van der Waals surface area contributed by atoms with Crippen molar-refractivity contribution >= 4 is 0 Å². The molecule has 0 amide bonds. The topological polar surface area (TPSA) is 38.0 Å². The smallest absolute Gasteiger partial charge is 0.0122 e. The van der Waals surface area contributed by atoms with E-state index in [9.17, 15) is 0 Å². The Bertz CT molecular complexity index is 130. The fourth-order valence-electron chi connectivity index (χ4n) is 1.04.